The Morgan fingerprint density at radius 2 is 1.95 bits per heavy atom. The van der Waals surface area contributed by atoms with Gasteiger partial charge in [0.2, 0.25) is 0 Å². The second kappa shape index (κ2) is 6.55. The van der Waals surface area contributed by atoms with Crippen LogP contribution in [0.5, 0.6) is 0 Å². The molecule has 0 unspecified atom stereocenters. The summed E-state index contributed by atoms with van der Waals surface area (Å²) in [5, 5.41) is 9.65. The van der Waals surface area contributed by atoms with Crippen molar-refractivity contribution in [2.75, 3.05) is 11.4 Å². The van der Waals surface area contributed by atoms with Crippen LogP contribution in [0.4, 0.5) is 5.69 Å². The van der Waals surface area contributed by atoms with E-state index in [9.17, 15) is 9.90 Å². The Hall–Kier alpha value is -1.78. The van der Waals surface area contributed by atoms with Gasteiger partial charge in [-0.15, -0.1) is 11.8 Å². The van der Waals surface area contributed by atoms with Gasteiger partial charge in [0.05, 0.1) is 0 Å². The van der Waals surface area contributed by atoms with Crippen molar-refractivity contribution in [2.24, 2.45) is 0 Å². The Morgan fingerprint density at radius 3 is 2.64 bits per heavy atom. The minimum Gasteiger partial charge on any atom is -0.383 e. The van der Waals surface area contributed by atoms with Crippen molar-refractivity contribution in [2.45, 2.75) is 30.1 Å². The number of benzene rings is 2. The first-order valence-electron chi connectivity index (χ1n) is 7.42. The van der Waals surface area contributed by atoms with E-state index < -0.39 is 6.10 Å². The van der Waals surface area contributed by atoms with Crippen molar-refractivity contribution in [1.29, 1.82) is 0 Å². The molecule has 2 aromatic rings. The number of aliphatic hydroxyl groups excluding tert-OH is 1. The van der Waals surface area contributed by atoms with Crippen LogP contribution >= 0.6 is 11.8 Å². The van der Waals surface area contributed by atoms with Crippen LogP contribution in [0.1, 0.15) is 17.5 Å². The quantitative estimate of drug-likeness (QED) is 0.880. The molecule has 0 aliphatic carbocycles. The summed E-state index contributed by atoms with van der Waals surface area (Å²) >= 11 is 1.77. The molecule has 3 rings (SSSR count). The summed E-state index contributed by atoms with van der Waals surface area (Å²) in [6.45, 7) is 2.63. The van der Waals surface area contributed by atoms with Gasteiger partial charge in [-0.05, 0) is 30.2 Å². The molecule has 4 heteroatoms. The third kappa shape index (κ3) is 3.03. The Labute approximate surface area is 135 Å². The van der Waals surface area contributed by atoms with Crippen molar-refractivity contribution in [1.82, 2.24) is 0 Å². The van der Waals surface area contributed by atoms with E-state index in [1.807, 2.05) is 37.3 Å². The van der Waals surface area contributed by atoms with Crippen LogP contribution < -0.4 is 4.90 Å². The van der Waals surface area contributed by atoms with Gasteiger partial charge in [-0.2, -0.15) is 0 Å². The molecular weight excluding hydrogens is 294 g/mol. The summed E-state index contributed by atoms with van der Waals surface area (Å²) in [6, 6.07) is 16.4. The second-order valence-corrected chi connectivity index (χ2v) is 6.49. The number of amides is 1. The zero-order chi connectivity index (χ0) is 15.5. The predicted octanol–water partition coefficient (Wildman–Crippen LogP) is 3.38. The summed E-state index contributed by atoms with van der Waals surface area (Å²) in [5.41, 5.74) is 3.30. The van der Waals surface area contributed by atoms with Gasteiger partial charge in [0, 0.05) is 29.3 Å². The molecule has 1 aliphatic heterocycles. The largest absolute Gasteiger partial charge is 0.383 e. The lowest BCUT2D eigenvalue weighted by Crippen LogP contribution is -2.29. The molecular formula is C18H19NO2S. The maximum atomic E-state index is 12.0. The van der Waals surface area contributed by atoms with Crippen LogP contribution in [0.25, 0.3) is 0 Å². The monoisotopic (exact) mass is 313 g/mol. The Balaban J connectivity index is 1.79. The van der Waals surface area contributed by atoms with Crippen molar-refractivity contribution in [3.63, 3.8) is 0 Å². The predicted molar refractivity (Wildman–Crippen MR) is 90.2 cm³/mol. The molecule has 0 bridgehead atoms. The zero-order valence-corrected chi connectivity index (χ0v) is 13.3. The highest BCUT2D eigenvalue weighted by Gasteiger charge is 2.31. The highest BCUT2D eigenvalue weighted by Crippen LogP contribution is 2.33. The number of aliphatic hydroxyl groups is 1. The number of carbonyl (C=O) groups is 1. The van der Waals surface area contributed by atoms with Crippen molar-refractivity contribution in [3.05, 3.63) is 59.7 Å². The molecule has 1 saturated heterocycles. The Bertz CT molecular complexity index is 672. The molecule has 1 fully saturated rings. The summed E-state index contributed by atoms with van der Waals surface area (Å²) in [7, 11) is 0. The molecule has 0 aromatic heterocycles. The lowest BCUT2D eigenvalue weighted by Gasteiger charge is -2.20. The Morgan fingerprint density at radius 1 is 1.18 bits per heavy atom. The van der Waals surface area contributed by atoms with E-state index in [0.29, 0.717) is 13.0 Å². The molecule has 3 nitrogen and oxygen atoms in total. The van der Waals surface area contributed by atoms with Crippen molar-refractivity contribution >= 4 is 23.4 Å². The van der Waals surface area contributed by atoms with Gasteiger partial charge in [0.1, 0.15) is 6.10 Å². The first-order chi connectivity index (χ1) is 10.7. The Kier molecular flexibility index (Phi) is 4.50. The number of rotatable bonds is 4. The van der Waals surface area contributed by atoms with Crippen LogP contribution in [0.3, 0.4) is 0 Å². The highest BCUT2D eigenvalue weighted by molar-refractivity contribution is 7.98. The SMILES string of the molecule is Cc1c(SCc2ccccc2)cccc1N1CC[C@@H](O)C1=O. The molecule has 22 heavy (non-hydrogen) atoms. The molecule has 0 spiro atoms. The van der Waals surface area contributed by atoms with Crippen LogP contribution in [0.2, 0.25) is 0 Å². The average Bonchev–Trinajstić information content (AvgIpc) is 2.87. The van der Waals surface area contributed by atoms with Crippen LogP contribution in [0, 0.1) is 6.92 Å². The number of anilines is 1. The summed E-state index contributed by atoms with van der Waals surface area (Å²) in [4.78, 5) is 14.9. The molecule has 2 aromatic carbocycles. The van der Waals surface area contributed by atoms with Gasteiger partial charge in [0.25, 0.3) is 5.91 Å². The van der Waals surface area contributed by atoms with Crippen LogP contribution in [0.15, 0.2) is 53.4 Å². The number of hydrogen-bond acceptors (Lipinski definition) is 3. The third-order valence-corrected chi connectivity index (χ3v) is 5.19. The topological polar surface area (TPSA) is 40.5 Å². The molecule has 1 amide bonds. The van der Waals surface area contributed by atoms with Gasteiger partial charge in [-0.3, -0.25) is 4.79 Å². The van der Waals surface area contributed by atoms with E-state index in [0.717, 1.165) is 17.0 Å². The maximum Gasteiger partial charge on any atom is 0.255 e. The van der Waals surface area contributed by atoms with Gasteiger partial charge >= 0.3 is 0 Å². The first-order valence-corrected chi connectivity index (χ1v) is 8.41. The zero-order valence-electron chi connectivity index (χ0n) is 12.5. The fourth-order valence-electron chi connectivity index (χ4n) is 2.69. The van der Waals surface area contributed by atoms with Crippen molar-refractivity contribution < 1.29 is 9.90 Å². The van der Waals surface area contributed by atoms with Gasteiger partial charge in [0.15, 0.2) is 0 Å². The fraction of sp³-hybridized carbons (Fsp3) is 0.278. The molecule has 0 radical (unpaired) electrons. The van der Waals surface area contributed by atoms with E-state index in [-0.39, 0.29) is 5.91 Å². The third-order valence-electron chi connectivity index (χ3n) is 3.96. The fourth-order valence-corrected chi connectivity index (χ4v) is 3.70. The number of hydrogen-bond donors (Lipinski definition) is 1. The number of thioether (sulfide) groups is 1. The normalized spacial score (nSPS) is 18.0. The molecule has 1 aliphatic rings. The van der Waals surface area contributed by atoms with E-state index in [1.165, 1.54) is 10.5 Å². The smallest absolute Gasteiger partial charge is 0.255 e. The van der Waals surface area contributed by atoms with E-state index in [2.05, 4.69) is 18.2 Å². The highest BCUT2D eigenvalue weighted by atomic mass is 32.2. The second-order valence-electron chi connectivity index (χ2n) is 5.47. The first kappa shape index (κ1) is 15.1. The van der Waals surface area contributed by atoms with Gasteiger partial charge < -0.3 is 10.0 Å². The maximum absolute atomic E-state index is 12.0. The van der Waals surface area contributed by atoms with E-state index in [4.69, 9.17) is 0 Å². The summed E-state index contributed by atoms with van der Waals surface area (Å²) in [5.74, 6) is 0.718. The van der Waals surface area contributed by atoms with Gasteiger partial charge in [-0.25, -0.2) is 0 Å². The minimum absolute atomic E-state index is 0.187. The molecule has 114 valence electrons. The molecule has 0 saturated carbocycles. The van der Waals surface area contributed by atoms with E-state index >= 15 is 0 Å². The summed E-state index contributed by atoms with van der Waals surface area (Å²) < 4.78 is 0. The van der Waals surface area contributed by atoms with E-state index in [1.54, 1.807) is 16.7 Å². The van der Waals surface area contributed by atoms with Crippen LogP contribution in [-0.2, 0) is 10.5 Å². The summed E-state index contributed by atoms with van der Waals surface area (Å²) in [6.07, 6.45) is -0.334. The molecule has 1 atom stereocenters. The lowest BCUT2D eigenvalue weighted by molar-refractivity contribution is -0.124. The lowest BCUT2D eigenvalue weighted by atomic mass is 10.2. The minimum atomic E-state index is -0.847. The average molecular weight is 313 g/mol. The van der Waals surface area contributed by atoms with Gasteiger partial charge in [-0.1, -0.05) is 36.4 Å². The molecule has 1 N–H and O–H groups in total. The standard InChI is InChI=1S/C18H19NO2S/c1-13-15(19-11-10-16(20)18(19)21)8-5-9-17(13)22-12-14-6-3-2-4-7-14/h2-9,16,20H,10-12H2,1H3/t16-/m1/s1. The molecule has 1 heterocycles. The number of carbonyl (C=O) groups excluding carboxylic acids is 1. The number of nitrogens with zero attached hydrogens (tertiary/aromatic N) is 1. The van der Waals surface area contributed by atoms with Crippen molar-refractivity contribution in [3.8, 4) is 0 Å². The van der Waals surface area contributed by atoms with Crippen LogP contribution in [-0.4, -0.2) is 23.7 Å².